The highest BCUT2D eigenvalue weighted by atomic mass is 16.8. The van der Waals surface area contributed by atoms with Crippen LogP contribution in [0.15, 0.2) is 69.9 Å². The predicted molar refractivity (Wildman–Crippen MR) is 178 cm³/mol. The van der Waals surface area contributed by atoms with Gasteiger partial charge in [0.25, 0.3) is 5.78 Å². The highest BCUT2D eigenvalue weighted by Gasteiger charge is 2.71. The SMILES string of the molecule is O=C1c2c(O)cc(O)cc2OC2(c3ccc(OC4OC(CO)C(O)C(O)C4O)c(O)c3)Oc3ccc(-c4oc5cc(O)cc(O)c5c(=O)c4O)cc3OC12O. The molecule has 7 unspecified atom stereocenters. The molecule has 0 saturated carbocycles. The molecular weight excluding hydrogens is 736 g/mol. The lowest BCUT2D eigenvalue weighted by atomic mass is 9.85. The molecule has 3 aliphatic heterocycles. The van der Waals surface area contributed by atoms with Gasteiger partial charge in [0.05, 0.1) is 6.61 Å². The number of carbonyl (C=O) groups is 1. The van der Waals surface area contributed by atoms with Crippen LogP contribution in [0.2, 0.25) is 0 Å². The number of phenols is 5. The highest BCUT2D eigenvalue weighted by Crippen LogP contribution is 2.56. The third-order valence-electron chi connectivity index (χ3n) is 9.38. The lowest BCUT2D eigenvalue weighted by Gasteiger charge is -2.50. The number of phenolic OH excluding ortho intramolecular Hbond substituents is 5. The summed E-state index contributed by atoms with van der Waals surface area (Å²) in [5.41, 5.74) is -2.46. The van der Waals surface area contributed by atoms with Crippen LogP contribution in [0, 0.1) is 0 Å². The maximum atomic E-state index is 14.2. The number of ketones is 1. The number of hydrogen-bond donors (Lipinski definition) is 11. The molecule has 0 radical (unpaired) electrons. The molecule has 4 heterocycles. The number of rotatable bonds is 5. The Morgan fingerprint density at radius 1 is 0.709 bits per heavy atom. The van der Waals surface area contributed by atoms with E-state index in [-0.39, 0.29) is 22.5 Å². The van der Waals surface area contributed by atoms with E-state index in [0.29, 0.717) is 0 Å². The Bertz CT molecular complexity index is 2480. The van der Waals surface area contributed by atoms with Crippen LogP contribution in [0.4, 0.5) is 0 Å². The fourth-order valence-corrected chi connectivity index (χ4v) is 6.67. The van der Waals surface area contributed by atoms with Crippen LogP contribution in [0.5, 0.6) is 57.5 Å². The molecule has 4 aromatic carbocycles. The molecule has 1 aromatic heterocycles. The minimum absolute atomic E-state index is 0.0949. The lowest BCUT2D eigenvalue weighted by molar-refractivity contribution is -0.316. The van der Waals surface area contributed by atoms with Gasteiger partial charge < -0.3 is 84.3 Å². The minimum atomic E-state index is -3.28. The zero-order valence-corrected chi connectivity index (χ0v) is 27.6. The van der Waals surface area contributed by atoms with E-state index in [1.165, 1.54) is 12.1 Å². The third-order valence-corrected chi connectivity index (χ3v) is 9.38. The highest BCUT2D eigenvalue weighted by molar-refractivity contribution is 6.08. The minimum Gasteiger partial charge on any atom is -0.508 e. The van der Waals surface area contributed by atoms with Crippen LogP contribution in [0.25, 0.3) is 22.3 Å². The molecule has 11 N–H and O–H groups in total. The van der Waals surface area contributed by atoms with Gasteiger partial charge in [0.2, 0.25) is 17.5 Å². The van der Waals surface area contributed by atoms with Crippen molar-refractivity contribution in [1.29, 1.82) is 0 Å². The van der Waals surface area contributed by atoms with Crippen LogP contribution in [0.3, 0.4) is 0 Å². The molecule has 19 nitrogen and oxygen atoms in total. The van der Waals surface area contributed by atoms with E-state index in [0.717, 1.165) is 48.5 Å². The first-order valence-corrected chi connectivity index (χ1v) is 16.1. The fraction of sp³-hybridized carbons (Fsp3) is 0.222. The first kappa shape index (κ1) is 35.5. The molecule has 1 fully saturated rings. The Hall–Kier alpha value is -6.48. The number of hydrogen-bond acceptors (Lipinski definition) is 19. The number of carbonyl (C=O) groups excluding carboxylic acids is 1. The maximum Gasteiger partial charge on any atom is 0.357 e. The standard InChI is InChI=1S/C36H28O19/c37-11-24-27(43)29(45)31(47)34(52-24)51-19-4-2-13(6-16(19)40)36-35(49,33(48)26-18(42)8-15(39)10-23(26)55-36)53-21-5-12(1-3-20(21)54-36)32-30(46)28(44)25-17(41)7-14(38)9-22(25)50-32/h1-10,24,27,29,31,34,37-43,45-47,49H,11H2. The second kappa shape index (κ2) is 12.3. The summed E-state index contributed by atoms with van der Waals surface area (Å²) in [6.45, 7) is -0.762. The van der Waals surface area contributed by atoms with E-state index in [9.17, 15) is 65.8 Å². The zero-order valence-electron chi connectivity index (χ0n) is 27.6. The number of aliphatic hydroxyl groups is 5. The summed E-state index contributed by atoms with van der Waals surface area (Å²) in [7, 11) is 0. The maximum absolute atomic E-state index is 14.2. The second-order valence-corrected chi connectivity index (χ2v) is 12.8. The molecule has 19 heteroatoms. The van der Waals surface area contributed by atoms with Gasteiger partial charge in [-0.25, -0.2) is 0 Å². The topological polar surface area (TPSA) is 316 Å². The molecule has 7 atom stereocenters. The van der Waals surface area contributed by atoms with E-state index in [4.69, 9.17) is 28.1 Å². The average Bonchev–Trinajstić information content (AvgIpc) is 3.13. The Labute approximate surface area is 305 Å². The van der Waals surface area contributed by atoms with Gasteiger partial charge in [0.1, 0.15) is 69.7 Å². The molecule has 286 valence electrons. The Kier molecular flexibility index (Phi) is 7.93. The average molecular weight is 765 g/mol. The normalized spacial score (nSPS) is 26.9. The van der Waals surface area contributed by atoms with E-state index >= 15 is 0 Å². The second-order valence-electron chi connectivity index (χ2n) is 12.8. The number of aliphatic hydroxyl groups excluding tert-OH is 4. The number of ether oxygens (including phenoxy) is 5. The summed E-state index contributed by atoms with van der Waals surface area (Å²) in [5, 5.41) is 115. The summed E-state index contributed by atoms with van der Waals surface area (Å²) in [4.78, 5) is 27.2. The first-order valence-electron chi connectivity index (χ1n) is 16.1. The van der Waals surface area contributed by atoms with Gasteiger partial charge in [0.15, 0.2) is 28.8 Å². The Morgan fingerprint density at radius 2 is 1.42 bits per heavy atom. The molecule has 3 aliphatic rings. The summed E-state index contributed by atoms with van der Waals surface area (Å²) in [6, 6.07) is 10.3. The van der Waals surface area contributed by atoms with Crippen molar-refractivity contribution in [3.8, 4) is 68.8 Å². The monoisotopic (exact) mass is 764 g/mol. The number of benzene rings is 4. The first-order chi connectivity index (χ1) is 26.1. The quantitative estimate of drug-likeness (QED) is 0.116. The van der Waals surface area contributed by atoms with Crippen LogP contribution < -0.4 is 24.4 Å². The molecule has 0 spiro atoms. The molecule has 8 rings (SSSR count). The van der Waals surface area contributed by atoms with E-state index in [1.807, 2.05) is 0 Å². The van der Waals surface area contributed by atoms with Crippen LogP contribution in [-0.2, 0) is 10.5 Å². The van der Waals surface area contributed by atoms with Gasteiger partial charge in [-0.2, -0.15) is 0 Å². The van der Waals surface area contributed by atoms with Crippen LogP contribution >= 0.6 is 0 Å². The Balaban J connectivity index is 1.23. The van der Waals surface area contributed by atoms with Crippen molar-refractivity contribution in [1.82, 2.24) is 0 Å². The molecular formula is C36H28O19. The van der Waals surface area contributed by atoms with E-state index < -0.39 is 129 Å². The largest absolute Gasteiger partial charge is 0.508 e. The smallest absolute Gasteiger partial charge is 0.357 e. The summed E-state index contributed by atoms with van der Waals surface area (Å²) in [6.07, 6.45) is -8.41. The lowest BCUT2D eigenvalue weighted by Crippen LogP contribution is -2.70. The molecule has 0 aliphatic carbocycles. The fourth-order valence-electron chi connectivity index (χ4n) is 6.67. The van der Waals surface area contributed by atoms with E-state index in [1.54, 1.807) is 0 Å². The predicted octanol–water partition coefficient (Wildman–Crippen LogP) is 0.460. The summed E-state index contributed by atoms with van der Waals surface area (Å²) in [5.74, 6) is -13.7. The van der Waals surface area contributed by atoms with Gasteiger partial charge >= 0.3 is 11.6 Å². The van der Waals surface area contributed by atoms with Gasteiger partial charge in [-0.1, -0.05) is 0 Å². The summed E-state index contributed by atoms with van der Waals surface area (Å²) >= 11 is 0. The van der Waals surface area contributed by atoms with Gasteiger partial charge in [0, 0.05) is 35.4 Å². The van der Waals surface area contributed by atoms with Gasteiger partial charge in [-0.3, -0.25) is 9.59 Å². The van der Waals surface area contributed by atoms with Crippen LogP contribution in [-0.4, -0.2) is 105 Å². The van der Waals surface area contributed by atoms with Crippen molar-refractivity contribution in [2.24, 2.45) is 0 Å². The molecule has 5 aromatic rings. The summed E-state index contributed by atoms with van der Waals surface area (Å²) < 4.78 is 34.7. The van der Waals surface area contributed by atoms with Crippen LogP contribution in [0.1, 0.15) is 15.9 Å². The third kappa shape index (κ3) is 5.21. The molecule has 0 amide bonds. The molecule has 1 saturated heterocycles. The van der Waals surface area contributed by atoms with Gasteiger partial charge in [-0.15, -0.1) is 0 Å². The van der Waals surface area contributed by atoms with Crippen molar-refractivity contribution in [2.45, 2.75) is 42.3 Å². The number of Topliss-reactive ketones (excluding diaryl/α,β-unsaturated/α-hetero) is 1. The molecule has 0 bridgehead atoms. The molecule has 55 heavy (non-hydrogen) atoms. The zero-order chi connectivity index (χ0) is 39.3. The van der Waals surface area contributed by atoms with Crippen molar-refractivity contribution in [3.05, 3.63) is 82.0 Å². The number of fused-ring (bicyclic) bond motifs is 4. The van der Waals surface area contributed by atoms with Crippen molar-refractivity contribution in [2.75, 3.05) is 6.61 Å². The van der Waals surface area contributed by atoms with E-state index in [2.05, 4.69) is 0 Å². The van der Waals surface area contributed by atoms with Crippen molar-refractivity contribution in [3.63, 3.8) is 0 Å². The van der Waals surface area contributed by atoms with Gasteiger partial charge in [-0.05, 0) is 36.4 Å². The Morgan fingerprint density at radius 3 is 2.15 bits per heavy atom. The van der Waals surface area contributed by atoms with Crippen molar-refractivity contribution < 1.29 is 89.1 Å². The van der Waals surface area contributed by atoms with Crippen molar-refractivity contribution >= 4 is 16.8 Å². The number of aromatic hydroxyl groups is 6.